The molecule has 0 aliphatic heterocycles. The van der Waals surface area contributed by atoms with Gasteiger partial charge in [-0.25, -0.2) is 9.13 Å². The van der Waals surface area contributed by atoms with Crippen LogP contribution < -0.4 is 9.27 Å². The number of nitrogens with zero attached hydrogens (tertiary/aromatic N) is 2. The minimum absolute atomic E-state index is 0. The van der Waals surface area contributed by atoms with Crippen LogP contribution in [0, 0.1) is 0 Å². The molecule has 0 spiro atoms. The van der Waals surface area contributed by atoms with E-state index in [9.17, 15) is 21.0 Å². The van der Waals surface area contributed by atoms with Crippen molar-refractivity contribution < 1.29 is 30.3 Å². The second-order valence-electron chi connectivity index (χ2n) is 3.88. The van der Waals surface area contributed by atoms with Crippen molar-refractivity contribution in [1.29, 1.82) is 0 Å². The molecule has 1 aromatic carbocycles. The Bertz CT molecular complexity index is 504. The summed E-state index contributed by atoms with van der Waals surface area (Å²) in [6, 6.07) is 10.5. The number of aromatic nitrogens is 2. The average Bonchev–Trinajstić information content (AvgIpc) is 2.62. The van der Waals surface area contributed by atoms with Crippen LogP contribution in [0.3, 0.4) is 0 Å². The maximum absolute atomic E-state index is 9.84. The van der Waals surface area contributed by atoms with Gasteiger partial charge in [0.05, 0.1) is 7.05 Å². The fourth-order valence-corrected chi connectivity index (χ4v) is 1.39. The number of imidazole rings is 1. The van der Waals surface area contributed by atoms with E-state index >= 15 is 0 Å². The summed E-state index contributed by atoms with van der Waals surface area (Å²) in [5.41, 5.74) is 1.33. The molecule has 0 aliphatic rings. The van der Waals surface area contributed by atoms with Gasteiger partial charge in [0.1, 0.15) is 18.9 Å². The van der Waals surface area contributed by atoms with Gasteiger partial charge < -0.3 is 4.70 Å². The van der Waals surface area contributed by atoms with Gasteiger partial charge in [0.15, 0.2) is 0 Å². The molecule has 2 aromatic rings. The van der Waals surface area contributed by atoms with Crippen molar-refractivity contribution in [3.63, 3.8) is 0 Å². The molecule has 1 heterocycles. The van der Waals surface area contributed by atoms with E-state index in [-0.39, 0.29) is 4.70 Å². The number of aryl methyl sites for hydroxylation is 1. The van der Waals surface area contributed by atoms with Gasteiger partial charge in [-0.05, 0) is 5.56 Å². The minimum Gasteiger partial charge on any atom is -1.00 e. The second-order valence-corrected chi connectivity index (χ2v) is 5.15. The van der Waals surface area contributed by atoms with Crippen molar-refractivity contribution in [2.45, 2.75) is 6.54 Å². The van der Waals surface area contributed by atoms with E-state index in [4.69, 9.17) is 0 Å². The molecule has 0 atom stereocenters. The first-order valence-corrected chi connectivity index (χ1v) is 6.93. The van der Waals surface area contributed by atoms with Crippen molar-refractivity contribution >= 4 is 8.16 Å². The molecule has 0 unspecified atom stereocenters. The molecule has 0 saturated carbocycles. The minimum atomic E-state index is -8.55. The van der Waals surface area contributed by atoms with Gasteiger partial charge in [-0.15, -0.1) is 0 Å². The van der Waals surface area contributed by atoms with Crippen LogP contribution in [0.25, 0.3) is 0 Å². The summed E-state index contributed by atoms with van der Waals surface area (Å²) in [6.07, 6.45) is 6.20. The third-order valence-electron chi connectivity index (χ3n) is 2.03. The topological polar surface area (TPSA) is 8.81 Å². The van der Waals surface area contributed by atoms with Crippen molar-refractivity contribution in [2.24, 2.45) is 7.05 Å². The molecule has 9 heteroatoms. The molecule has 20 heavy (non-hydrogen) atoms. The van der Waals surface area contributed by atoms with E-state index in [2.05, 4.69) is 41.4 Å². The monoisotopic (exact) mass is 318 g/mol. The fraction of sp³-hybridized carbons (Fsp3) is 0.182. The first-order chi connectivity index (χ1) is 8.58. The predicted molar refractivity (Wildman–Crippen MR) is 63.6 cm³/mol. The molecule has 0 N–H and O–H groups in total. The average molecular weight is 318 g/mol. The van der Waals surface area contributed by atoms with Gasteiger partial charge in [-0.2, -0.15) is 0 Å². The molecule has 0 saturated heterocycles. The Hall–Kier alpha value is -1.56. The number of hydrogen-bond donors (Lipinski definition) is 0. The molecular weight excluding hydrogens is 305 g/mol. The van der Waals surface area contributed by atoms with Crippen molar-refractivity contribution in [2.75, 3.05) is 0 Å². The van der Waals surface area contributed by atoms with Crippen LogP contribution in [0.2, 0.25) is 0 Å². The van der Waals surface area contributed by atoms with Crippen LogP contribution >= 0.6 is 8.16 Å². The zero-order valence-corrected chi connectivity index (χ0v) is 11.3. The first-order valence-electron chi connectivity index (χ1n) is 5.24. The number of rotatable bonds is 2. The summed E-state index contributed by atoms with van der Waals surface area (Å²) in [5.74, 6) is 0. The van der Waals surface area contributed by atoms with Gasteiger partial charge >= 0.3 is 29.1 Å². The van der Waals surface area contributed by atoms with Crippen LogP contribution in [0.5, 0.6) is 0 Å². The van der Waals surface area contributed by atoms with Crippen LogP contribution in [-0.2, 0) is 13.6 Å². The third kappa shape index (κ3) is 10.4. The summed E-state index contributed by atoms with van der Waals surface area (Å²) in [7, 11) is -6.52. The predicted octanol–water partition coefficient (Wildman–Crippen LogP) is 1.33. The Morgan fingerprint density at radius 1 is 1.05 bits per heavy atom. The Morgan fingerprint density at radius 3 is 1.95 bits per heavy atom. The van der Waals surface area contributed by atoms with Gasteiger partial charge in [0, 0.05) is 0 Å². The normalized spacial score (nSPS) is 12.4. The molecule has 0 aliphatic carbocycles. The van der Waals surface area contributed by atoms with Gasteiger partial charge in [0.25, 0.3) is 0 Å². The fourth-order valence-electron chi connectivity index (χ4n) is 1.39. The van der Waals surface area contributed by atoms with Gasteiger partial charge in [0.2, 0.25) is 6.33 Å². The van der Waals surface area contributed by atoms with Crippen molar-refractivity contribution in [3.8, 4) is 0 Å². The molecule has 114 valence electrons. The molecule has 2 rings (SSSR count). The summed E-state index contributed by atoms with van der Waals surface area (Å²) in [4.78, 5) is 0. The smallest absolute Gasteiger partial charge is 1.00 e. The van der Waals surface area contributed by atoms with Gasteiger partial charge in [-0.1, -0.05) is 30.3 Å². The van der Waals surface area contributed by atoms with Gasteiger partial charge in [-0.3, -0.25) is 0 Å². The van der Waals surface area contributed by atoms with E-state index in [1.807, 2.05) is 23.9 Å². The first kappa shape index (κ1) is 18.4. The molecule has 1 aromatic heterocycles. The Kier molecular flexibility index (Phi) is 6.22. The maximum atomic E-state index is 9.84. The Labute approximate surface area is 112 Å². The SMILES string of the molecule is C[n+]1ccn(Cc2ccccc2)c1.FP(F)(F)(F)F.[F-]. The quantitative estimate of drug-likeness (QED) is 0.449. The third-order valence-corrected chi connectivity index (χ3v) is 2.03. The van der Waals surface area contributed by atoms with Crippen LogP contribution in [0.1, 0.15) is 5.56 Å². The van der Waals surface area contributed by atoms with Crippen LogP contribution in [-0.4, -0.2) is 4.57 Å². The zero-order valence-electron chi connectivity index (χ0n) is 10.4. The standard InChI is InChI=1S/C11H13N2.F5P.FH/c1-12-7-8-13(10-12)9-11-5-3-2-4-6-11;1-6(2,3,4)5;/h2-8,10H,9H2,1H3;;1H/q+1;;/p-1. The number of hydrogen-bond acceptors (Lipinski definition) is 0. The Morgan fingerprint density at radius 2 is 1.55 bits per heavy atom. The summed E-state index contributed by atoms with van der Waals surface area (Å²) in [5, 5.41) is 0. The summed E-state index contributed by atoms with van der Waals surface area (Å²) < 4.78 is 53.4. The number of halogens is 6. The van der Waals surface area contributed by atoms with Crippen molar-refractivity contribution in [3.05, 3.63) is 54.6 Å². The molecule has 0 amide bonds. The van der Waals surface area contributed by atoms with E-state index in [1.54, 1.807) is 0 Å². The van der Waals surface area contributed by atoms with Crippen LogP contribution in [0.15, 0.2) is 49.1 Å². The van der Waals surface area contributed by atoms with E-state index in [0.717, 1.165) is 6.54 Å². The molecule has 0 bridgehead atoms. The van der Waals surface area contributed by atoms with E-state index < -0.39 is 8.16 Å². The van der Waals surface area contributed by atoms with E-state index in [1.165, 1.54) is 5.56 Å². The zero-order chi connectivity index (χ0) is 14.5. The van der Waals surface area contributed by atoms with Crippen molar-refractivity contribution in [1.82, 2.24) is 4.57 Å². The Balaban J connectivity index is 0.000000448. The number of benzene rings is 1. The summed E-state index contributed by atoms with van der Waals surface area (Å²) >= 11 is 0. The second kappa shape index (κ2) is 6.74. The maximum Gasteiger partial charge on any atom is -1.00 e. The largest absolute Gasteiger partial charge is 1.00 e. The molecular formula is C11H13F6N2P. The summed E-state index contributed by atoms with van der Waals surface area (Å²) in [6.45, 7) is 0.946. The van der Waals surface area contributed by atoms with Crippen LogP contribution in [0.4, 0.5) is 21.0 Å². The molecule has 2 nitrogen and oxygen atoms in total. The van der Waals surface area contributed by atoms with E-state index in [0.29, 0.717) is 0 Å². The molecule has 0 fully saturated rings. The molecule has 0 radical (unpaired) electrons.